The fourth-order valence-corrected chi connectivity index (χ4v) is 5.09. The van der Waals surface area contributed by atoms with Crippen LogP contribution in [0.25, 0.3) is 20.1 Å². The van der Waals surface area contributed by atoms with Crippen LogP contribution in [-0.4, -0.2) is 22.4 Å². The summed E-state index contributed by atoms with van der Waals surface area (Å²) in [4.78, 5) is 22.9. The molecule has 3 heterocycles. The van der Waals surface area contributed by atoms with Gasteiger partial charge in [-0.15, -0.1) is 34.0 Å². The Morgan fingerprint density at radius 3 is 2.88 bits per heavy atom. The van der Waals surface area contributed by atoms with E-state index in [9.17, 15) is 4.79 Å². The number of aromatic nitrogens is 2. The summed E-state index contributed by atoms with van der Waals surface area (Å²) in [6.07, 6.45) is 3.41. The highest BCUT2D eigenvalue weighted by atomic mass is 32.1. The van der Waals surface area contributed by atoms with Crippen molar-refractivity contribution < 1.29 is 4.79 Å². The first-order valence-corrected chi connectivity index (χ1v) is 10.4. The zero-order chi connectivity index (χ0) is 17.1. The number of benzene rings is 1. The third-order valence-electron chi connectivity index (χ3n) is 3.65. The summed E-state index contributed by atoms with van der Waals surface area (Å²) >= 11 is 4.79. The molecule has 0 saturated heterocycles. The normalized spacial score (nSPS) is 11.0. The van der Waals surface area contributed by atoms with Crippen LogP contribution in [0.1, 0.15) is 21.1 Å². The van der Waals surface area contributed by atoms with Crippen LogP contribution in [0.4, 0.5) is 0 Å². The number of hydrogen-bond donors (Lipinski definition) is 1. The molecule has 0 bridgehead atoms. The standard InChI is InChI=1S/C18H15N3OS3/c22-17(15-11-20-18(25-15)14-7-4-10-23-14)19-9-3-8-16-21-12-5-1-2-6-13(12)24-16/h1-2,4-7,10-11H,3,8-9H2,(H,19,22). The van der Waals surface area contributed by atoms with Crippen molar-refractivity contribution in [2.24, 2.45) is 0 Å². The SMILES string of the molecule is O=C(NCCCc1nc2ccccc2s1)c1cnc(-c2cccs2)s1. The molecule has 4 rings (SSSR count). The molecular formula is C18H15N3OS3. The molecule has 1 N–H and O–H groups in total. The van der Waals surface area contributed by atoms with Gasteiger partial charge in [0.1, 0.15) is 9.88 Å². The van der Waals surface area contributed by atoms with Crippen LogP contribution in [0.15, 0.2) is 48.0 Å². The van der Waals surface area contributed by atoms with E-state index in [2.05, 4.69) is 21.4 Å². The van der Waals surface area contributed by atoms with Gasteiger partial charge in [-0.2, -0.15) is 0 Å². The van der Waals surface area contributed by atoms with Gasteiger partial charge < -0.3 is 5.32 Å². The first-order valence-electron chi connectivity index (χ1n) is 7.92. The maximum Gasteiger partial charge on any atom is 0.263 e. The molecule has 0 aliphatic rings. The maximum absolute atomic E-state index is 12.2. The lowest BCUT2D eigenvalue weighted by Gasteiger charge is -2.01. The van der Waals surface area contributed by atoms with Crippen LogP contribution in [0.3, 0.4) is 0 Å². The second-order valence-corrected chi connectivity index (χ2v) is 8.54. The van der Waals surface area contributed by atoms with E-state index in [1.165, 1.54) is 16.0 Å². The Labute approximate surface area is 157 Å². The van der Waals surface area contributed by atoms with E-state index in [1.54, 1.807) is 28.9 Å². The highest BCUT2D eigenvalue weighted by Gasteiger charge is 2.12. The van der Waals surface area contributed by atoms with Crippen LogP contribution in [-0.2, 0) is 6.42 Å². The molecule has 4 aromatic rings. The fraction of sp³-hybridized carbons (Fsp3) is 0.167. The molecule has 0 unspecified atom stereocenters. The van der Waals surface area contributed by atoms with E-state index in [0.29, 0.717) is 11.4 Å². The van der Waals surface area contributed by atoms with Gasteiger partial charge in [-0.3, -0.25) is 4.79 Å². The number of nitrogens with one attached hydrogen (secondary N) is 1. The molecule has 126 valence electrons. The van der Waals surface area contributed by atoms with Gasteiger partial charge in [0.25, 0.3) is 5.91 Å². The van der Waals surface area contributed by atoms with Gasteiger partial charge in [-0.05, 0) is 30.0 Å². The summed E-state index contributed by atoms with van der Waals surface area (Å²) in [7, 11) is 0. The number of rotatable bonds is 6. The smallest absolute Gasteiger partial charge is 0.263 e. The Bertz CT molecular complexity index is 955. The van der Waals surface area contributed by atoms with Gasteiger partial charge in [0, 0.05) is 13.0 Å². The van der Waals surface area contributed by atoms with Crippen molar-refractivity contribution >= 4 is 50.1 Å². The highest BCUT2D eigenvalue weighted by molar-refractivity contribution is 7.22. The van der Waals surface area contributed by atoms with Crippen LogP contribution >= 0.6 is 34.0 Å². The fourth-order valence-electron chi connectivity index (χ4n) is 2.45. The average molecular weight is 386 g/mol. The Hall–Kier alpha value is -2.09. The Balaban J connectivity index is 1.29. The third-order valence-corrected chi connectivity index (χ3v) is 6.78. The molecular weight excluding hydrogens is 370 g/mol. The Kier molecular flexibility index (Phi) is 4.87. The number of para-hydroxylation sites is 1. The number of aryl methyl sites for hydroxylation is 1. The highest BCUT2D eigenvalue weighted by Crippen LogP contribution is 2.28. The lowest BCUT2D eigenvalue weighted by molar-refractivity contribution is 0.0957. The molecule has 0 spiro atoms. The lowest BCUT2D eigenvalue weighted by atomic mass is 10.3. The zero-order valence-electron chi connectivity index (χ0n) is 13.3. The number of hydrogen-bond acceptors (Lipinski definition) is 6. The quantitative estimate of drug-likeness (QED) is 0.483. The van der Waals surface area contributed by atoms with Crippen LogP contribution in [0.5, 0.6) is 0 Å². The average Bonchev–Trinajstić information content (AvgIpc) is 3.37. The van der Waals surface area contributed by atoms with Crippen LogP contribution in [0, 0.1) is 0 Å². The first kappa shape index (κ1) is 16.4. The number of carbonyl (C=O) groups excluding carboxylic acids is 1. The molecule has 7 heteroatoms. The number of fused-ring (bicyclic) bond motifs is 1. The van der Waals surface area contributed by atoms with Crippen molar-refractivity contribution in [3.8, 4) is 9.88 Å². The monoisotopic (exact) mass is 385 g/mol. The van der Waals surface area contributed by atoms with E-state index in [4.69, 9.17) is 0 Å². The van der Waals surface area contributed by atoms with Gasteiger partial charge >= 0.3 is 0 Å². The van der Waals surface area contributed by atoms with Crippen molar-refractivity contribution in [2.75, 3.05) is 6.54 Å². The number of thiophene rings is 1. The summed E-state index contributed by atoms with van der Waals surface area (Å²) in [5.41, 5.74) is 1.05. The summed E-state index contributed by atoms with van der Waals surface area (Å²) < 4.78 is 1.22. The van der Waals surface area contributed by atoms with Gasteiger partial charge in [-0.25, -0.2) is 9.97 Å². The molecule has 0 saturated carbocycles. The number of thiazole rings is 2. The molecule has 25 heavy (non-hydrogen) atoms. The number of carbonyl (C=O) groups is 1. The molecule has 3 aromatic heterocycles. The van der Waals surface area contributed by atoms with E-state index < -0.39 is 0 Å². The summed E-state index contributed by atoms with van der Waals surface area (Å²) in [6.45, 7) is 0.640. The third kappa shape index (κ3) is 3.78. The Morgan fingerprint density at radius 1 is 1.12 bits per heavy atom. The van der Waals surface area contributed by atoms with Crippen molar-refractivity contribution in [1.29, 1.82) is 0 Å². The largest absolute Gasteiger partial charge is 0.351 e. The second kappa shape index (κ2) is 7.43. The molecule has 1 amide bonds. The maximum atomic E-state index is 12.2. The second-order valence-electron chi connectivity index (χ2n) is 5.44. The number of amides is 1. The Morgan fingerprint density at radius 2 is 2.04 bits per heavy atom. The minimum Gasteiger partial charge on any atom is -0.351 e. The predicted octanol–water partition coefficient (Wildman–Crippen LogP) is 4.84. The predicted molar refractivity (Wildman–Crippen MR) is 106 cm³/mol. The summed E-state index contributed by atoms with van der Waals surface area (Å²) in [6, 6.07) is 12.2. The minimum absolute atomic E-state index is 0.0513. The summed E-state index contributed by atoms with van der Waals surface area (Å²) in [5.74, 6) is -0.0513. The van der Waals surface area contributed by atoms with Crippen molar-refractivity contribution in [1.82, 2.24) is 15.3 Å². The molecule has 1 aromatic carbocycles. The molecule has 0 aliphatic heterocycles. The topological polar surface area (TPSA) is 54.9 Å². The van der Waals surface area contributed by atoms with Crippen molar-refractivity contribution in [3.63, 3.8) is 0 Å². The molecule has 0 aliphatic carbocycles. The zero-order valence-corrected chi connectivity index (χ0v) is 15.7. The summed E-state index contributed by atoms with van der Waals surface area (Å²) in [5, 5.41) is 7.00. The van der Waals surface area contributed by atoms with Crippen LogP contribution in [0.2, 0.25) is 0 Å². The van der Waals surface area contributed by atoms with Crippen molar-refractivity contribution in [3.05, 3.63) is 57.9 Å². The van der Waals surface area contributed by atoms with Gasteiger partial charge in [0.05, 0.1) is 26.3 Å². The van der Waals surface area contributed by atoms with Gasteiger partial charge in [0.2, 0.25) is 0 Å². The van der Waals surface area contributed by atoms with E-state index in [1.807, 2.05) is 35.7 Å². The molecule has 0 atom stereocenters. The van der Waals surface area contributed by atoms with E-state index >= 15 is 0 Å². The van der Waals surface area contributed by atoms with Gasteiger partial charge in [-0.1, -0.05) is 18.2 Å². The van der Waals surface area contributed by atoms with E-state index in [-0.39, 0.29) is 5.91 Å². The van der Waals surface area contributed by atoms with Crippen LogP contribution < -0.4 is 5.32 Å². The molecule has 4 nitrogen and oxygen atoms in total. The molecule has 0 radical (unpaired) electrons. The van der Waals surface area contributed by atoms with Gasteiger partial charge in [0.15, 0.2) is 0 Å². The first-order chi connectivity index (χ1) is 12.3. The van der Waals surface area contributed by atoms with E-state index in [0.717, 1.165) is 33.3 Å². The molecule has 0 fully saturated rings. The number of nitrogens with zero attached hydrogens (tertiary/aromatic N) is 2. The lowest BCUT2D eigenvalue weighted by Crippen LogP contribution is -2.23. The van der Waals surface area contributed by atoms with Crippen molar-refractivity contribution in [2.45, 2.75) is 12.8 Å². The minimum atomic E-state index is -0.0513.